The normalized spacial score (nSPS) is 20.6. The number of hydrogen-bond acceptors (Lipinski definition) is 1. The third kappa shape index (κ3) is 2.19. The van der Waals surface area contributed by atoms with Crippen molar-refractivity contribution in [3.63, 3.8) is 0 Å². The molecule has 1 aliphatic rings. The Hall–Kier alpha value is -0.300. The first-order chi connectivity index (χ1) is 4.43. The van der Waals surface area contributed by atoms with Gasteiger partial charge >= 0.3 is 0 Å². The highest BCUT2D eigenvalue weighted by molar-refractivity contribution is 4.92. The van der Waals surface area contributed by atoms with Gasteiger partial charge in [-0.2, -0.15) is 0 Å². The smallest absolute Gasteiger partial charge is 0.0643 e. The zero-order chi connectivity index (χ0) is 6.53. The molecule has 1 nitrogen and oxygen atoms in total. The Labute approximate surface area is 56.7 Å². The van der Waals surface area contributed by atoms with E-state index in [1.54, 1.807) is 7.11 Å². The fourth-order valence-corrected chi connectivity index (χ4v) is 0.977. The molecule has 0 heterocycles. The van der Waals surface area contributed by atoms with E-state index >= 15 is 0 Å². The topological polar surface area (TPSA) is 9.23 Å². The van der Waals surface area contributed by atoms with Crippen molar-refractivity contribution in [3.8, 4) is 0 Å². The molecule has 0 spiro atoms. The van der Waals surface area contributed by atoms with E-state index in [4.69, 9.17) is 4.74 Å². The highest BCUT2D eigenvalue weighted by atomic mass is 16.5. The van der Waals surface area contributed by atoms with Gasteiger partial charge in [0.15, 0.2) is 0 Å². The van der Waals surface area contributed by atoms with Gasteiger partial charge in [0.1, 0.15) is 0 Å². The van der Waals surface area contributed by atoms with Crippen LogP contribution >= 0.6 is 0 Å². The Bertz CT molecular complexity index is 92.7. The minimum absolute atomic E-state index is 0.774. The van der Waals surface area contributed by atoms with Gasteiger partial charge in [0.2, 0.25) is 0 Å². The third-order valence-corrected chi connectivity index (χ3v) is 1.82. The molecule has 0 N–H and O–H groups in total. The predicted octanol–water partition coefficient (Wildman–Crippen LogP) is 1.99. The van der Waals surface area contributed by atoms with Gasteiger partial charge in [-0.15, -0.1) is 0 Å². The van der Waals surface area contributed by atoms with Crippen LogP contribution in [0.4, 0.5) is 0 Å². The Morgan fingerprint density at radius 3 is 2.78 bits per heavy atom. The van der Waals surface area contributed by atoms with Crippen LogP contribution in [0.15, 0.2) is 12.2 Å². The maximum atomic E-state index is 4.87. The number of allylic oxidation sites excluding steroid dienone is 1. The summed E-state index contributed by atoms with van der Waals surface area (Å²) in [4.78, 5) is 0. The number of rotatable bonds is 3. The van der Waals surface area contributed by atoms with Crippen LogP contribution in [-0.4, -0.2) is 13.7 Å². The average Bonchev–Trinajstić information content (AvgIpc) is 1.76. The minimum Gasteiger partial charge on any atom is -0.381 e. The Morgan fingerprint density at radius 1 is 1.56 bits per heavy atom. The van der Waals surface area contributed by atoms with Gasteiger partial charge in [0.25, 0.3) is 0 Å². The first-order valence-electron chi connectivity index (χ1n) is 3.59. The van der Waals surface area contributed by atoms with E-state index in [9.17, 15) is 0 Å². The van der Waals surface area contributed by atoms with Crippen LogP contribution in [0.25, 0.3) is 0 Å². The van der Waals surface area contributed by atoms with Gasteiger partial charge in [0, 0.05) is 7.11 Å². The maximum Gasteiger partial charge on any atom is 0.0643 e. The van der Waals surface area contributed by atoms with Crippen molar-refractivity contribution in [3.05, 3.63) is 12.2 Å². The molecule has 0 unspecified atom stereocenters. The zero-order valence-electron chi connectivity index (χ0n) is 5.97. The van der Waals surface area contributed by atoms with Crippen molar-refractivity contribution in [1.82, 2.24) is 0 Å². The summed E-state index contributed by atoms with van der Waals surface area (Å²) in [6.45, 7) is 0.774. The molecule has 0 aliphatic heterocycles. The van der Waals surface area contributed by atoms with Crippen LogP contribution in [0.3, 0.4) is 0 Å². The molecule has 0 bridgehead atoms. The van der Waals surface area contributed by atoms with Gasteiger partial charge in [-0.25, -0.2) is 0 Å². The van der Waals surface area contributed by atoms with Crippen LogP contribution in [0.1, 0.15) is 19.3 Å². The largest absolute Gasteiger partial charge is 0.381 e. The van der Waals surface area contributed by atoms with Crippen LogP contribution < -0.4 is 0 Å². The second kappa shape index (κ2) is 3.67. The Kier molecular flexibility index (Phi) is 2.78. The fourth-order valence-electron chi connectivity index (χ4n) is 0.977. The second-order valence-electron chi connectivity index (χ2n) is 2.57. The first-order valence-corrected chi connectivity index (χ1v) is 3.59. The van der Waals surface area contributed by atoms with Crippen molar-refractivity contribution in [2.75, 3.05) is 13.7 Å². The van der Waals surface area contributed by atoms with Crippen LogP contribution in [0.2, 0.25) is 0 Å². The number of ether oxygens (including phenoxy) is 1. The van der Waals surface area contributed by atoms with Crippen LogP contribution in [0, 0.1) is 5.92 Å². The maximum absolute atomic E-state index is 4.87. The molecule has 9 heavy (non-hydrogen) atoms. The van der Waals surface area contributed by atoms with Gasteiger partial charge < -0.3 is 4.74 Å². The standard InChI is InChI=1S/C8H14O/c1-9-7-3-6-8-4-2-5-8/h3,6,8H,2,4-5,7H2,1H3/b6-3+. The molecule has 0 aromatic heterocycles. The predicted molar refractivity (Wildman–Crippen MR) is 38.4 cm³/mol. The summed E-state index contributed by atoms with van der Waals surface area (Å²) in [5.41, 5.74) is 0. The summed E-state index contributed by atoms with van der Waals surface area (Å²) in [5, 5.41) is 0. The lowest BCUT2D eigenvalue weighted by Gasteiger charge is -2.21. The van der Waals surface area contributed by atoms with Gasteiger partial charge in [0.05, 0.1) is 6.61 Å². The molecular weight excluding hydrogens is 112 g/mol. The summed E-state index contributed by atoms with van der Waals surface area (Å²) in [6, 6.07) is 0. The number of hydrogen-bond donors (Lipinski definition) is 0. The lowest BCUT2D eigenvalue weighted by molar-refractivity contribution is 0.232. The van der Waals surface area contributed by atoms with E-state index in [-0.39, 0.29) is 0 Å². The molecule has 1 rings (SSSR count). The molecule has 0 saturated heterocycles. The van der Waals surface area contributed by atoms with Crippen LogP contribution in [-0.2, 0) is 4.74 Å². The van der Waals surface area contributed by atoms with E-state index in [0.717, 1.165) is 12.5 Å². The molecule has 1 aliphatic carbocycles. The van der Waals surface area contributed by atoms with Crippen molar-refractivity contribution in [2.45, 2.75) is 19.3 Å². The highest BCUT2D eigenvalue weighted by Gasteiger charge is 2.12. The average molecular weight is 126 g/mol. The molecule has 52 valence electrons. The Balaban J connectivity index is 2.00. The van der Waals surface area contributed by atoms with Crippen molar-refractivity contribution >= 4 is 0 Å². The second-order valence-corrected chi connectivity index (χ2v) is 2.57. The monoisotopic (exact) mass is 126 g/mol. The van der Waals surface area contributed by atoms with Crippen LogP contribution in [0.5, 0.6) is 0 Å². The summed E-state index contributed by atoms with van der Waals surface area (Å²) in [5.74, 6) is 0.875. The first kappa shape index (κ1) is 6.81. The molecule has 1 fully saturated rings. The van der Waals surface area contributed by atoms with Crippen molar-refractivity contribution < 1.29 is 4.74 Å². The van der Waals surface area contributed by atoms with Crippen molar-refractivity contribution in [1.29, 1.82) is 0 Å². The lowest BCUT2D eigenvalue weighted by Crippen LogP contribution is -2.07. The molecule has 1 saturated carbocycles. The highest BCUT2D eigenvalue weighted by Crippen LogP contribution is 2.26. The molecular formula is C8H14O. The zero-order valence-corrected chi connectivity index (χ0v) is 5.97. The fraction of sp³-hybridized carbons (Fsp3) is 0.750. The van der Waals surface area contributed by atoms with E-state index in [0.29, 0.717) is 0 Å². The van der Waals surface area contributed by atoms with Crippen molar-refractivity contribution in [2.24, 2.45) is 5.92 Å². The van der Waals surface area contributed by atoms with E-state index in [2.05, 4.69) is 12.2 Å². The molecule has 0 atom stereocenters. The quantitative estimate of drug-likeness (QED) is 0.525. The summed E-state index contributed by atoms with van der Waals surface area (Å²) >= 11 is 0. The number of methoxy groups -OCH3 is 1. The van der Waals surface area contributed by atoms with Gasteiger partial charge in [-0.3, -0.25) is 0 Å². The van der Waals surface area contributed by atoms with E-state index < -0.39 is 0 Å². The molecule has 0 amide bonds. The molecule has 1 heteroatoms. The summed E-state index contributed by atoms with van der Waals surface area (Å²) < 4.78 is 4.87. The lowest BCUT2D eigenvalue weighted by atomic mass is 9.85. The van der Waals surface area contributed by atoms with Gasteiger partial charge in [-0.05, 0) is 18.8 Å². The third-order valence-electron chi connectivity index (χ3n) is 1.82. The molecule has 0 aromatic rings. The Morgan fingerprint density at radius 2 is 2.33 bits per heavy atom. The molecule has 0 radical (unpaired) electrons. The SMILES string of the molecule is COC/C=C/C1CCC1. The van der Waals surface area contributed by atoms with E-state index in [1.165, 1.54) is 19.3 Å². The molecule has 0 aromatic carbocycles. The summed E-state index contributed by atoms with van der Waals surface area (Å²) in [7, 11) is 1.73. The van der Waals surface area contributed by atoms with Gasteiger partial charge in [-0.1, -0.05) is 18.6 Å². The summed E-state index contributed by atoms with van der Waals surface area (Å²) in [6.07, 6.45) is 8.58. The minimum atomic E-state index is 0.774. The van der Waals surface area contributed by atoms with E-state index in [1.807, 2.05) is 0 Å².